The van der Waals surface area contributed by atoms with Gasteiger partial charge in [0, 0.05) is 6.54 Å². The van der Waals surface area contributed by atoms with Crippen molar-refractivity contribution in [3.05, 3.63) is 12.2 Å². The molecule has 2 atom stereocenters. The third-order valence-corrected chi connectivity index (χ3v) is 3.42. The number of aryl methyl sites for hydroxylation is 1. The third-order valence-electron chi connectivity index (χ3n) is 3.42. The molecule has 1 aromatic rings. The van der Waals surface area contributed by atoms with Crippen LogP contribution in [0.25, 0.3) is 0 Å². The summed E-state index contributed by atoms with van der Waals surface area (Å²) in [5.41, 5.74) is 5.36. The second-order valence-corrected chi connectivity index (χ2v) is 4.47. The van der Waals surface area contributed by atoms with Crippen LogP contribution in [-0.2, 0) is 6.54 Å². The summed E-state index contributed by atoms with van der Waals surface area (Å²) in [5, 5.41) is 21.7. The van der Waals surface area contributed by atoms with Crippen LogP contribution in [0.15, 0.2) is 6.33 Å². The minimum absolute atomic E-state index is 0.177. The zero-order chi connectivity index (χ0) is 12.3. The molecule has 0 spiro atoms. The molecule has 2 N–H and O–H groups in total. The number of nitriles is 2. The van der Waals surface area contributed by atoms with Crippen molar-refractivity contribution < 1.29 is 0 Å². The van der Waals surface area contributed by atoms with Gasteiger partial charge in [0.05, 0.1) is 6.07 Å². The van der Waals surface area contributed by atoms with Crippen molar-refractivity contribution in [1.29, 1.82) is 10.5 Å². The van der Waals surface area contributed by atoms with E-state index in [2.05, 4.69) is 16.2 Å². The molecule has 1 saturated carbocycles. The van der Waals surface area contributed by atoms with Crippen molar-refractivity contribution in [2.24, 2.45) is 11.7 Å². The summed E-state index contributed by atoms with van der Waals surface area (Å²) in [6, 6.07) is 4.11. The smallest absolute Gasteiger partial charge is 0.252 e. The summed E-state index contributed by atoms with van der Waals surface area (Å²) in [6.07, 6.45) is 5.12. The molecule has 1 aliphatic carbocycles. The van der Waals surface area contributed by atoms with Gasteiger partial charge in [-0.3, -0.25) is 4.68 Å². The summed E-state index contributed by atoms with van der Waals surface area (Å²) in [4.78, 5) is 3.83. The second-order valence-electron chi connectivity index (χ2n) is 4.47. The first-order chi connectivity index (χ1) is 8.18. The average molecular weight is 230 g/mol. The van der Waals surface area contributed by atoms with E-state index in [4.69, 9.17) is 16.3 Å². The van der Waals surface area contributed by atoms with E-state index in [9.17, 15) is 0 Å². The van der Waals surface area contributed by atoms with Gasteiger partial charge in [-0.05, 0) is 25.2 Å². The van der Waals surface area contributed by atoms with E-state index < -0.39 is 5.54 Å². The van der Waals surface area contributed by atoms with Gasteiger partial charge in [0.1, 0.15) is 17.9 Å². The number of nitrogens with zero attached hydrogens (tertiary/aromatic N) is 5. The first kappa shape index (κ1) is 11.6. The Labute approximate surface area is 99.7 Å². The maximum atomic E-state index is 9.08. The molecule has 6 nitrogen and oxygen atoms in total. The van der Waals surface area contributed by atoms with Gasteiger partial charge in [0.15, 0.2) is 0 Å². The molecule has 0 radical (unpaired) electrons. The molecule has 0 aromatic carbocycles. The highest BCUT2D eigenvalue weighted by Gasteiger charge is 2.39. The number of hydrogen-bond acceptors (Lipinski definition) is 5. The van der Waals surface area contributed by atoms with Gasteiger partial charge in [-0.2, -0.15) is 10.5 Å². The van der Waals surface area contributed by atoms with Crippen molar-refractivity contribution >= 4 is 0 Å². The highest BCUT2D eigenvalue weighted by molar-refractivity contribution is 5.12. The van der Waals surface area contributed by atoms with E-state index in [0.29, 0.717) is 6.54 Å². The van der Waals surface area contributed by atoms with Gasteiger partial charge in [-0.1, -0.05) is 6.42 Å². The maximum Gasteiger partial charge on any atom is 0.252 e. The van der Waals surface area contributed by atoms with Crippen molar-refractivity contribution in [3.63, 3.8) is 0 Å². The van der Waals surface area contributed by atoms with Crippen molar-refractivity contribution in [3.8, 4) is 12.1 Å². The van der Waals surface area contributed by atoms with Crippen molar-refractivity contribution in [1.82, 2.24) is 14.8 Å². The Morgan fingerprint density at radius 1 is 1.59 bits per heavy atom. The van der Waals surface area contributed by atoms with Gasteiger partial charge in [-0.25, -0.2) is 4.98 Å². The van der Waals surface area contributed by atoms with Crippen molar-refractivity contribution in [2.75, 3.05) is 0 Å². The van der Waals surface area contributed by atoms with Crippen LogP contribution < -0.4 is 5.73 Å². The lowest BCUT2D eigenvalue weighted by atomic mass is 9.87. The van der Waals surface area contributed by atoms with E-state index in [-0.39, 0.29) is 11.7 Å². The second kappa shape index (κ2) is 4.52. The van der Waals surface area contributed by atoms with Crippen LogP contribution in [0, 0.1) is 28.6 Å². The number of aromatic nitrogens is 3. The Morgan fingerprint density at radius 3 is 3.06 bits per heavy atom. The lowest BCUT2D eigenvalue weighted by Gasteiger charge is -2.23. The van der Waals surface area contributed by atoms with E-state index >= 15 is 0 Å². The fourth-order valence-electron chi connectivity index (χ4n) is 2.39. The third kappa shape index (κ3) is 2.27. The standard InChI is InChI=1S/C11H14N6/c12-6-10-15-8-17(16-10)5-3-9-2-1-4-11(9,14)7-13/h8-9H,1-5,14H2. The van der Waals surface area contributed by atoms with E-state index in [0.717, 1.165) is 25.7 Å². The van der Waals surface area contributed by atoms with Crippen molar-refractivity contribution in [2.45, 2.75) is 37.8 Å². The predicted molar refractivity (Wildman–Crippen MR) is 59.2 cm³/mol. The molecule has 0 bridgehead atoms. The lowest BCUT2D eigenvalue weighted by Crippen LogP contribution is -2.42. The fourth-order valence-corrected chi connectivity index (χ4v) is 2.39. The van der Waals surface area contributed by atoms with Gasteiger partial charge in [-0.15, -0.1) is 5.10 Å². The summed E-state index contributed by atoms with van der Waals surface area (Å²) in [6.45, 7) is 0.653. The highest BCUT2D eigenvalue weighted by Crippen LogP contribution is 2.35. The molecule has 2 unspecified atom stereocenters. The minimum atomic E-state index is -0.682. The molecule has 0 saturated heterocycles. The Kier molecular flexibility index (Phi) is 3.08. The largest absolute Gasteiger partial charge is 0.313 e. The summed E-state index contributed by atoms with van der Waals surface area (Å²) >= 11 is 0. The quantitative estimate of drug-likeness (QED) is 0.816. The first-order valence-electron chi connectivity index (χ1n) is 5.67. The van der Waals surface area contributed by atoms with Gasteiger partial charge in [0.2, 0.25) is 0 Å². The molecule has 1 heterocycles. The molecule has 17 heavy (non-hydrogen) atoms. The molecule has 88 valence electrons. The topological polar surface area (TPSA) is 104 Å². The van der Waals surface area contributed by atoms with Crippen LogP contribution in [-0.4, -0.2) is 20.3 Å². The van der Waals surface area contributed by atoms with Crippen LogP contribution in [0.4, 0.5) is 0 Å². The highest BCUT2D eigenvalue weighted by atomic mass is 15.3. The van der Waals surface area contributed by atoms with Crippen LogP contribution in [0.2, 0.25) is 0 Å². The first-order valence-corrected chi connectivity index (χ1v) is 5.67. The zero-order valence-electron chi connectivity index (χ0n) is 9.50. The number of rotatable bonds is 3. The molecular weight excluding hydrogens is 216 g/mol. The Bertz CT molecular complexity index is 479. The Hall–Kier alpha value is -1.92. The fraction of sp³-hybridized carbons (Fsp3) is 0.636. The van der Waals surface area contributed by atoms with Crippen LogP contribution in [0.1, 0.15) is 31.5 Å². The SMILES string of the molecule is N#Cc1ncn(CCC2CCCC2(N)C#N)n1. The molecule has 1 fully saturated rings. The maximum absolute atomic E-state index is 9.08. The Morgan fingerprint density at radius 2 is 2.41 bits per heavy atom. The van der Waals surface area contributed by atoms with E-state index in [1.165, 1.54) is 6.33 Å². The van der Waals surface area contributed by atoms with Crippen LogP contribution >= 0.6 is 0 Å². The van der Waals surface area contributed by atoms with Gasteiger partial charge < -0.3 is 5.73 Å². The molecule has 1 aliphatic rings. The Balaban J connectivity index is 1.95. The van der Waals surface area contributed by atoms with Crippen LogP contribution in [0.3, 0.4) is 0 Å². The zero-order valence-corrected chi connectivity index (χ0v) is 9.50. The molecule has 2 rings (SSSR count). The molecule has 1 aromatic heterocycles. The van der Waals surface area contributed by atoms with E-state index in [1.807, 2.05) is 6.07 Å². The number of nitrogens with two attached hydrogens (primary N) is 1. The lowest BCUT2D eigenvalue weighted by molar-refractivity contribution is 0.346. The summed E-state index contributed by atoms with van der Waals surface area (Å²) in [5.74, 6) is 0.387. The predicted octanol–water partition coefficient (Wildman–Crippen LogP) is 0.561. The average Bonchev–Trinajstić information content (AvgIpc) is 2.94. The van der Waals surface area contributed by atoms with Gasteiger partial charge in [0.25, 0.3) is 5.82 Å². The molecular formula is C11H14N6. The number of hydrogen-bond donors (Lipinski definition) is 1. The van der Waals surface area contributed by atoms with E-state index in [1.54, 1.807) is 4.68 Å². The molecule has 6 heteroatoms. The monoisotopic (exact) mass is 230 g/mol. The minimum Gasteiger partial charge on any atom is -0.313 e. The van der Waals surface area contributed by atoms with Gasteiger partial charge >= 0.3 is 0 Å². The summed E-state index contributed by atoms with van der Waals surface area (Å²) < 4.78 is 1.63. The molecule has 0 amide bonds. The van der Waals surface area contributed by atoms with Crippen LogP contribution in [0.5, 0.6) is 0 Å². The summed E-state index contributed by atoms with van der Waals surface area (Å²) in [7, 11) is 0. The normalized spacial score (nSPS) is 27.6. The molecule has 0 aliphatic heterocycles.